The Hall–Kier alpha value is -0.930. The van der Waals surface area contributed by atoms with E-state index in [1.165, 1.54) is 15.8 Å². The van der Waals surface area contributed by atoms with Crippen LogP contribution >= 0.6 is 11.3 Å². The first-order valence-corrected chi connectivity index (χ1v) is 7.02. The van der Waals surface area contributed by atoms with E-state index in [2.05, 4.69) is 48.6 Å². The van der Waals surface area contributed by atoms with Crippen LogP contribution < -0.4 is 5.32 Å². The average molecular weight is 248 g/mol. The quantitative estimate of drug-likeness (QED) is 0.893. The molecule has 2 heterocycles. The molecule has 2 atom stereocenters. The van der Waals surface area contributed by atoms with E-state index in [0.29, 0.717) is 17.9 Å². The maximum Gasteiger partial charge on any atom is 0.0539 e. The summed E-state index contributed by atoms with van der Waals surface area (Å²) < 4.78 is 1.34. The summed E-state index contributed by atoms with van der Waals surface area (Å²) in [4.78, 5) is 4.64. The minimum atomic E-state index is 0.438. The molecule has 0 radical (unpaired) electrons. The number of nitrogens with one attached hydrogen (secondary N) is 1. The Balaban J connectivity index is 2.52. The first-order chi connectivity index (χ1) is 8.15. The lowest BCUT2D eigenvalue weighted by molar-refractivity contribution is 0.391. The molecule has 92 valence electrons. The van der Waals surface area contributed by atoms with Crippen molar-refractivity contribution in [3.05, 3.63) is 29.4 Å². The number of nitrogens with zero attached hydrogens (tertiary/aromatic N) is 1. The van der Waals surface area contributed by atoms with Crippen molar-refractivity contribution in [2.45, 2.75) is 32.7 Å². The van der Waals surface area contributed by atoms with Gasteiger partial charge in [-0.05, 0) is 37.4 Å². The zero-order valence-electron chi connectivity index (χ0n) is 10.9. The molecule has 0 saturated carbocycles. The Kier molecular flexibility index (Phi) is 3.79. The number of hydrogen-bond acceptors (Lipinski definition) is 3. The average Bonchev–Trinajstić information content (AvgIpc) is 2.77. The highest BCUT2D eigenvalue weighted by molar-refractivity contribution is 7.17. The van der Waals surface area contributed by atoms with Gasteiger partial charge in [-0.3, -0.25) is 4.98 Å². The number of fused-ring (bicyclic) bond motifs is 1. The van der Waals surface area contributed by atoms with Crippen molar-refractivity contribution in [2.24, 2.45) is 5.92 Å². The van der Waals surface area contributed by atoms with Crippen LogP contribution in [0.5, 0.6) is 0 Å². The van der Waals surface area contributed by atoms with E-state index in [0.717, 1.165) is 0 Å². The predicted octanol–water partition coefficient (Wildman–Crippen LogP) is 3.64. The van der Waals surface area contributed by atoms with Gasteiger partial charge in [0.25, 0.3) is 0 Å². The van der Waals surface area contributed by atoms with Crippen LogP contribution in [0.4, 0.5) is 0 Å². The molecule has 0 aliphatic heterocycles. The monoisotopic (exact) mass is 248 g/mol. The number of pyridine rings is 1. The van der Waals surface area contributed by atoms with Crippen LogP contribution in [0.2, 0.25) is 0 Å². The molecule has 0 spiro atoms. The van der Waals surface area contributed by atoms with Crippen LogP contribution in [0.1, 0.15) is 32.4 Å². The Morgan fingerprint density at radius 1 is 1.24 bits per heavy atom. The molecule has 0 saturated heterocycles. The largest absolute Gasteiger partial charge is 0.317 e. The molecule has 0 fully saturated rings. The Bertz CT molecular complexity index is 490. The highest BCUT2D eigenvalue weighted by Gasteiger charge is 2.24. The van der Waals surface area contributed by atoms with Gasteiger partial charge in [0.15, 0.2) is 0 Å². The molecule has 1 N–H and O–H groups in total. The summed E-state index contributed by atoms with van der Waals surface area (Å²) in [5, 5.41) is 6.83. The van der Waals surface area contributed by atoms with Crippen molar-refractivity contribution in [3.63, 3.8) is 0 Å². The Labute approximate surface area is 107 Å². The molecule has 0 amide bonds. The minimum Gasteiger partial charge on any atom is -0.317 e. The molecule has 2 aromatic rings. The zero-order valence-corrected chi connectivity index (χ0v) is 11.7. The Morgan fingerprint density at radius 2 is 2.00 bits per heavy atom. The summed E-state index contributed by atoms with van der Waals surface area (Å²) in [5.41, 5.74) is 1.24. The molecule has 2 rings (SSSR count). The zero-order chi connectivity index (χ0) is 12.4. The fraction of sp³-hybridized carbons (Fsp3) is 0.500. The van der Waals surface area contributed by atoms with Gasteiger partial charge >= 0.3 is 0 Å². The van der Waals surface area contributed by atoms with Crippen molar-refractivity contribution in [1.29, 1.82) is 0 Å². The van der Waals surface area contributed by atoms with Crippen LogP contribution in [-0.4, -0.2) is 18.1 Å². The molecular formula is C14H20N2S. The summed E-state index contributed by atoms with van der Waals surface area (Å²) in [6.45, 7) is 6.77. The van der Waals surface area contributed by atoms with Gasteiger partial charge in [-0.2, -0.15) is 0 Å². The van der Waals surface area contributed by atoms with Crippen LogP contribution in [0.15, 0.2) is 23.7 Å². The van der Waals surface area contributed by atoms with Crippen molar-refractivity contribution in [3.8, 4) is 0 Å². The molecular weight excluding hydrogens is 228 g/mol. The van der Waals surface area contributed by atoms with E-state index in [-0.39, 0.29) is 0 Å². The lowest BCUT2D eigenvalue weighted by Gasteiger charge is -2.27. The molecule has 3 heteroatoms. The van der Waals surface area contributed by atoms with E-state index in [1.54, 1.807) is 11.3 Å². The van der Waals surface area contributed by atoms with Crippen molar-refractivity contribution < 1.29 is 0 Å². The van der Waals surface area contributed by atoms with E-state index in [1.807, 2.05) is 13.2 Å². The molecule has 0 bridgehead atoms. The van der Waals surface area contributed by atoms with Crippen LogP contribution in [0.25, 0.3) is 10.1 Å². The third kappa shape index (κ3) is 2.35. The number of likely N-dealkylation sites (N-methyl/N-ethyl adjacent to an activating group) is 1. The highest BCUT2D eigenvalue weighted by atomic mass is 32.1. The van der Waals surface area contributed by atoms with Gasteiger partial charge in [0.05, 0.1) is 5.69 Å². The molecule has 0 aliphatic carbocycles. The summed E-state index contributed by atoms with van der Waals surface area (Å²) in [6, 6.07) is 4.73. The second-order valence-corrected chi connectivity index (χ2v) is 5.82. The smallest absolute Gasteiger partial charge is 0.0539 e. The van der Waals surface area contributed by atoms with Crippen LogP contribution in [0.3, 0.4) is 0 Å². The van der Waals surface area contributed by atoms with Gasteiger partial charge in [-0.15, -0.1) is 11.3 Å². The van der Waals surface area contributed by atoms with Crippen LogP contribution in [-0.2, 0) is 0 Å². The summed E-state index contributed by atoms with van der Waals surface area (Å²) >= 11 is 1.79. The summed E-state index contributed by atoms with van der Waals surface area (Å²) in [5.74, 6) is 1.04. The van der Waals surface area contributed by atoms with Gasteiger partial charge in [0.2, 0.25) is 0 Å². The van der Waals surface area contributed by atoms with E-state index < -0.39 is 0 Å². The predicted molar refractivity (Wildman–Crippen MR) is 75.7 cm³/mol. The second kappa shape index (κ2) is 5.15. The number of thiophene rings is 1. The number of hydrogen-bond donors (Lipinski definition) is 1. The number of rotatable bonds is 4. The van der Waals surface area contributed by atoms with Crippen molar-refractivity contribution >= 4 is 21.4 Å². The first kappa shape index (κ1) is 12.5. The minimum absolute atomic E-state index is 0.438. The second-order valence-electron chi connectivity index (χ2n) is 4.88. The van der Waals surface area contributed by atoms with E-state index in [9.17, 15) is 0 Å². The van der Waals surface area contributed by atoms with Gasteiger partial charge in [0.1, 0.15) is 0 Å². The van der Waals surface area contributed by atoms with Gasteiger partial charge in [0, 0.05) is 28.2 Å². The Morgan fingerprint density at radius 3 is 2.65 bits per heavy atom. The van der Waals surface area contributed by atoms with E-state index >= 15 is 0 Å². The van der Waals surface area contributed by atoms with Crippen LogP contribution in [0, 0.1) is 5.92 Å². The lowest BCUT2D eigenvalue weighted by atomic mass is 9.85. The molecule has 2 nitrogen and oxygen atoms in total. The standard InChI is InChI=1S/C14H20N2S/c1-9(2)13(10(3)15-4)14-11-6-8-17-12(11)5-7-16-14/h5-10,13,15H,1-4H3. The fourth-order valence-corrected chi connectivity index (χ4v) is 3.28. The maximum absolute atomic E-state index is 4.64. The first-order valence-electron chi connectivity index (χ1n) is 6.14. The molecule has 17 heavy (non-hydrogen) atoms. The lowest BCUT2D eigenvalue weighted by Crippen LogP contribution is -2.32. The highest BCUT2D eigenvalue weighted by Crippen LogP contribution is 2.33. The normalized spacial score (nSPS) is 15.4. The third-order valence-electron chi connectivity index (χ3n) is 3.44. The van der Waals surface area contributed by atoms with Gasteiger partial charge < -0.3 is 5.32 Å². The summed E-state index contributed by atoms with van der Waals surface area (Å²) in [6.07, 6.45) is 1.94. The third-order valence-corrected chi connectivity index (χ3v) is 4.32. The number of aromatic nitrogens is 1. The topological polar surface area (TPSA) is 24.9 Å². The SMILES string of the molecule is CNC(C)C(c1nccc2sccc12)C(C)C. The van der Waals surface area contributed by atoms with Gasteiger partial charge in [-0.1, -0.05) is 13.8 Å². The molecule has 0 aliphatic rings. The van der Waals surface area contributed by atoms with E-state index in [4.69, 9.17) is 0 Å². The molecule has 0 aromatic carbocycles. The maximum atomic E-state index is 4.64. The molecule has 2 aromatic heterocycles. The summed E-state index contributed by atoms with van der Waals surface area (Å²) in [7, 11) is 2.02. The van der Waals surface area contributed by atoms with Crippen molar-refractivity contribution in [2.75, 3.05) is 7.05 Å². The van der Waals surface area contributed by atoms with Crippen molar-refractivity contribution in [1.82, 2.24) is 10.3 Å². The fourth-order valence-electron chi connectivity index (χ4n) is 2.49. The van der Waals surface area contributed by atoms with Gasteiger partial charge in [-0.25, -0.2) is 0 Å². The molecule has 2 unspecified atom stereocenters.